The number of phosphoric ester groups is 2. The molecule has 17 nitrogen and oxygen atoms in total. The Morgan fingerprint density at radius 3 is 0.870 bits per heavy atom. The van der Waals surface area contributed by atoms with Crippen LogP contribution in [-0.4, -0.2) is 96.7 Å². The van der Waals surface area contributed by atoms with Crippen LogP contribution in [0.3, 0.4) is 0 Å². The van der Waals surface area contributed by atoms with Crippen LogP contribution in [0.5, 0.6) is 0 Å². The van der Waals surface area contributed by atoms with Crippen LogP contribution in [0.4, 0.5) is 0 Å². The molecule has 0 aromatic rings. The molecule has 0 bridgehead atoms. The van der Waals surface area contributed by atoms with Crippen LogP contribution in [0.1, 0.15) is 323 Å². The van der Waals surface area contributed by atoms with E-state index in [0.29, 0.717) is 25.7 Å². The molecule has 3 N–H and O–H groups in total. The summed E-state index contributed by atoms with van der Waals surface area (Å²) < 4.78 is 68.4. The average molecular weight is 1450 g/mol. The molecule has 0 aliphatic heterocycles. The lowest BCUT2D eigenvalue weighted by atomic mass is 10.1. The maximum Gasteiger partial charge on any atom is 0.472 e. The van der Waals surface area contributed by atoms with Gasteiger partial charge in [0.2, 0.25) is 0 Å². The highest BCUT2D eigenvalue weighted by Crippen LogP contribution is 2.45. The maximum absolute atomic E-state index is 13.1. The molecule has 0 fully saturated rings. The number of unbranched alkanes of at least 4 members (excludes halogenated alkanes) is 29. The van der Waals surface area contributed by atoms with E-state index in [0.717, 1.165) is 173 Å². The van der Waals surface area contributed by atoms with Crippen molar-refractivity contribution in [3.8, 4) is 0 Å². The van der Waals surface area contributed by atoms with Crippen LogP contribution in [-0.2, 0) is 65.4 Å². The van der Waals surface area contributed by atoms with Gasteiger partial charge in [-0.2, -0.15) is 0 Å². The fourth-order valence-electron chi connectivity index (χ4n) is 10.2. The molecule has 0 aromatic carbocycles. The smallest absolute Gasteiger partial charge is 0.462 e. The lowest BCUT2D eigenvalue weighted by Crippen LogP contribution is -2.30. The van der Waals surface area contributed by atoms with Crippen molar-refractivity contribution in [2.45, 2.75) is 341 Å². The summed E-state index contributed by atoms with van der Waals surface area (Å²) in [4.78, 5) is 72.8. The van der Waals surface area contributed by atoms with Crippen molar-refractivity contribution in [3.05, 3.63) is 109 Å². The maximum atomic E-state index is 13.1. The predicted molar refractivity (Wildman–Crippen MR) is 408 cm³/mol. The molecule has 576 valence electrons. The first-order chi connectivity index (χ1) is 48.7. The van der Waals surface area contributed by atoms with Gasteiger partial charge in [0, 0.05) is 25.7 Å². The molecular formula is C81H140O17P2. The minimum atomic E-state index is -4.98. The third-order valence-corrected chi connectivity index (χ3v) is 18.1. The summed E-state index contributed by atoms with van der Waals surface area (Å²) >= 11 is 0. The lowest BCUT2D eigenvalue weighted by Gasteiger charge is -2.21. The molecule has 5 unspecified atom stereocenters. The number of ether oxygens (including phenoxy) is 4. The molecule has 0 heterocycles. The van der Waals surface area contributed by atoms with Gasteiger partial charge in [0.15, 0.2) is 12.2 Å². The zero-order valence-corrected chi connectivity index (χ0v) is 64.6. The normalized spacial score (nSPS) is 14.5. The number of hydrogen-bond acceptors (Lipinski definition) is 15. The number of hydrogen-bond donors (Lipinski definition) is 3. The van der Waals surface area contributed by atoms with Crippen LogP contribution < -0.4 is 0 Å². The van der Waals surface area contributed by atoms with Crippen molar-refractivity contribution >= 4 is 39.5 Å². The highest BCUT2D eigenvalue weighted by molar-refractivity contribution is 7.47. The number of carbonyl (C=O) groups is 4. The molecule has 5 atom stereocenters. The number of esters is 4. The fraction of sp³-hybridized carbons (Fsp3) is 0.728. The first kappa shape index (κ1) is 95.7. The van der Waals surface area contributed by atoms with E-state index in [1.807, 2.05) is 0 Å². The van der Waals surface area contributed by atoms with Gasteiger partial charge in [-0.05, 0) is 128 Å². The number of rotatable bonds is 73. The van der Waals surface area contributed by atoms with Crippen molar-refractivity contribution < 1.29 is 80.2 Å². The van der Waals surface area contributed by atoms with Crippen molar-refractivity contribution in [3.63, 3.8) is 0 Å². The Kier molecular flexibility index (Phi) is 69.9. The Hall–Kier alpha value is -4.28. The summed E-state index contributed by atoms with van der Waals surface area (Å²) in [5.41, 5.74) is 0. The molecule has 0 rings (SSSR count). The van der Waals surface area contributed by atoms with Gasteiger partial charge in [0.1, 0.15) is 19.3 Å². The van der Waals surface area contributed by atoms with E-state index in [2.05, 4.69) is 137 Å². The second kappa shape index (κ2) is 73.0. The quantitative estimate of drug-likeness (QED) is 0.0169. The Labute approximate surface area is 607 Å². The summed E-state index contributed by atoms with van der Waals surface area (Å²) in [6.07, 6.45) is 78.0. The monoisotopic (exact) mass is 1450 g/mol. The summed E-state index contributed by atoms with van der Waals surface area (Å²) in [5.74, 6) is -2.22. The largest absolute Gasteiger partial charge is 0.472 e. The third-order valence-electron chi connectivity index (χ3n) is 16.2. The van der Waals surface area contributed by atoms with Gasteiger partial charge in [-0.25, -0.2) is 9.13 Å². The zero-order chi connectivity index (χ0) is 73.2. The van der Waals surface area contributed by atoms with Crippen molar-refractivity contribution in [2.24, 2.45) is 0 Å². The first-order valence-electron chi connectivity index (χ1n) is 39.1. The Morgan fingerprint density at radius 2 is 0.530 bits per heavy atom. The summed E-state index contributed by atoms with van der Waals surface area (Å²) in [6, 6.07) is 0. The van der Waals surface area contributed by atoms with Gasteiger partial charge in [-0.1, -0.05) is 278 Å². The first-order valence-corrected chi connectivity index (χ1v) is 42.1. The second-order valence-electron chi connectivity index (χ2n) is 25.9. The minimum Gasteiger partial charge on any atom is -0.462 e. The highest BCUT2D eigenvalue weighted by atomic mass is 31.2. The molecule has 0 saturated carbocycles. The number of aliphatic hydroxyl groups is 1. The van der Waals surface area contributed by atoms with E-state index in [4.69, 9.17) is 37.0 Å². The van der Waals surface area contributed by atoms with Crippen LogP contribution in [0.15, 0.2) is 109 Å². The van der Waals surface area contributed by atoms with Crippen LogP contribution in [0.2, 0.25) is 0 Å². The molecule has 100 heavy (non-hydrogen) atoms. The van der Waals surface area contributed by atoms with Crippen molar-refractivity contribution in [1.82, 2.24) is 0 Å². The lowest BCUT2D eigenvalue weighted by molar-refractivity contribution is -0.161. The SMILES string of the molecule is CC/C=C\C/C=C\C/C=C\C/C=C\C/C=C\CCCCCC(=O)OCC(COP(=O)(O)OCC(O)COP(=O)(O)OCC(COC(=O)CCCCCCCC/C=C\C/C=C\C/C=C\CCCCC)OC(=O)CCCCCCCCCCCCC)OC(=O)CCCCCCC/C=C\CCCC. The summed E-state index contributed by atoms with van der Waals surface area (Å²) in [5, 5.41) is 10.6. The topological polar surface area (TPSA) is 237 Å². The van der Waals surface area contributed by atoms with Gasteiger partial charge in [-0.15, -0.1) is 0 Å². The molecule has 0 radical (unpaired) electrons. The number of phosphoric acid groups is 2. The van der Waals surface area contributed by atoms with E-state index in [9.17, 15) is 43.2 Å². The molecule has 0 spiro atoms. The van der Waals surface area contributed by atoms with Crippen LogP contribution in [0.25, 0.3) is 0 Å². The van der Waals surface area contributed by atoms with E-state index in [1.165, 1.54) is 70.6 Å². The summed E-state index contributed by atoms with van der Waals surface area (Å²) in [6.45, 7) is 4.64. The van der Waals surface area contributed by atoms with Crippen molar-refractivity contribution in [2.75, 3.05) is 39.6 Å². The summed E-state index contributed by atoms with van der Waals surface area (Å²) in [7, 11) is -9.96. The molecule has 0 aliphatic carbocycles. The molecule has 19 heteroatoms. The minimum absolute atomic E-state index is 0.0759. The standard InChI is InChI=1S/C81H140O17P2/c1-5-9-13-17-21-25-29-31-33-35-37-39-41-43-47-49-53-57-61-65-78(83)91-71-76(97-80(85)67-63-59-55-51-45-27-23-19-15-11-7-3)73-95-99(87,88)93-69-75(82)70-94-100(89,90)96-74-77(98-81(86)68-64-60-56-52-46-28-24-20-16-12-8-4)72-92-79(84)66-62-58-54-50-48-44-42-40-38-36-34-32-30-26-22-18-14-10-6-2/h9,13,19,21-23,25-26,31-34,37-40,43,47,75-77,82H,5-8,10-12,14-18,20,24,27-30,35-36,41-42,44-46,48-74H2,1-4H3,(H,87,88)(H,89,90)/b13-9-,23-19-,25-21-,26-22-,33-31-,34-32-,39-37-,40-38-,47-43-. The van der Waals surface area contributed by atoms with Gasteiger partial charge >= 0.3 is 39.5 Å². The number of carbonyl (C=O) groups excluding carboxylic acids is 4. The molecular weight excluding hydrogens is 1310 g/mol. The zero-order valence-electron chi connectivity index (χ0n) is 62.8. The van der Waals surface area contributed by atoms with Crippen LogP contribution in [0, 0.1) is 0 Å². The van der Waals surface area contributed by atoms with E-state index < -0.39 is 97.5 Å². The highest BCUT2D eigenvalue weighted by Gasteiger charge is 2.30. The predicted octanol–water partition coefficient (Wildman–Crippen LogP) is 22.6. The molecule has 0 amide bonds. The van der Waals surface area contributed by atoms with Gasteiger partial charge in [0.05, 0.1) is 26.4 Å². The van der Waals surface area contributed by atoms with Gasteiger partial charge in [0.25, 0.3) is 0 Å². The van der Waals surface area contributed by atoms with E-state index in [-0.39, 0.29) is 25.7 Å². The Balaban J connectivity index is 5.30. The molecule has 0 aliphatic rings. The van der Waals surface area contributed by atoms with Gasteiger partial charge < -0.3 is 33.8 Å². The Bertz CT molecular complexity index is 2320. The second-order valence-corrected chi connectivity index (χ2v) is 28.8. The molecule has 0 aromatic heterocycles. The molecule has 0 saturated heterocycles. The third kappa shape index (κ3) is 72.1. The average Bonchev–Trinajstić information content (AvgIpc) is 0.953. The van der Waals surface area contributed by atoms with Gasteiger partial charge in [-0.3, -0.25) is 37.3 Å². The number of aliphatic hydroxyl groups excluding tert-OH is 1. The van der Waals surface area contributed by atoms with E-state index in [1.54, 1.807) is 0 Å². The Morgan fingerprint density at radius 1 is 0.290 bits per heavy atom. The number of allylic oxidation sites excluding steroid dienone is 18. The van der Waals surface area contributed by atoms with Crippen molar-refractivity contribution in [1.29, 1.82) is 0 Å². The fourth-order valence-corrected chi connectivity index (χ4v) is 11.8. The van der Waals surface area contributed by atoms with E-state index >= 15 is 0 Å². The van der Waals surface area contributed by atoms with Crippen LogP contribution >= 0.6 is 15.6 Å².